The molecule has 0 aliphatic carbocycles. The first-order chi connectivity index (χ1) is 31.3. The number of hydrogen-bond donors (Lipinski definition) is 4. The highest BCUT2D eigenvalue weighted by atomic mass is 35.5. The molecule has 0 aliphatic rings. The fourth-order valence-corrected chi connectivity index (χ4v) is 7.67. The van der Waals surface area contributed by atoms with Gasteiger partial charge in [-0.25, -0.2) is 0 Å². The minimum atomic E-state index is -1.63. The van der Waals surface area contributed by atoms with Gasteiger partial charge in [0.05, 0.1) is 62.7 Å². The molecule has 0 aromatic heterocycles. The number of azo groups is 2. The number of benzene rings is 5. The number of halogens is 8. The van der Waals surface area contributed by atoms with Crippen LogP contribution in [0.15, 0.2) is 93.3 Å². The minimum absolute atomic E-state index is 0.0123. The first-order valence-corrected chi connectivity index (χ1v) is 22.4. The molecule has 0 saturated carbocycles. The van der Waals surface area contributed by atoms with E-state index in [1.807, 2.05) is 13.8 Å². The normalized spacial score (nSPS) is 12.2. The quantitative estimate of drug-likeness (QED) is 0.0430. The molecule has 0 spiro atoms. The molecule has 0 aliphatic heterocycles. The first-order valence-electron chi connectivity index (χ1n) is 19.3. The number of hydrogen-bond acceptors (Lipinski definition) is 10. The third-order valence-electron chi connectivity index (χ3n) is 9.42. The summed E-state index contributed by atoms with van der Waals surface area (Å²) in [6.07, 6.45) is 0.706. The molecule has 5 aromatic rings. The molecular formula is C44H34Cl8N8O6. The van der Waals surface area contributed by atoms with Crippen molar-refractivity contribution < 1.29 is 28.8 Å². The van der Waals surface area contributed by atoms with Gasteiger partial charge >= 0.3 is 0 Å². The number of carbonyl (C=O) groups excluding carboxylic acids is 6. The van der Waals surface area contributed by atoms with Crippen LogP contribution in [0.3, 0.4) is 0 Å². The summed E-state index contributed by atoms with van der Waals surface area (Å²) in [6, 6.07) is 14.4. The van der Waals surface area contributed by atoms with Crippen molar-refractivity contribution in [2.45, 2.75) is 52.6 Å². The molecule has 2 atom stereocenters. The molecule has 2 unspecified atom stereocenters. The van der Waals surface area contributed by atoms with Gasteiger partial charge < -0.3 is 21.3 Å². The molecule has 0 bridgehead atoms. The maximum atomic E-state index is 13.7. The van der Waals surface area contributed by atoms with Gasteiger partial charge in [0, 0.05) is 11.4 Å². The second-order valence-electron chi connectivity index (χ2n) is 13.9. The van der Waals surface area contributed by atoms with Gasteiger partial charge in [0.25, 0.3) is 23.6 Å². The van der Waals surface area contributed by atoms with Crippen molar-refractivity contribution in [1.29, 1.82) is 0 Å². The van der Waals surface area contributed by atoms with E-state index in [1.165, 1.54) is 60.7 Å². The molecule has 0 heterocycles. The molecule has 0 fully saturated rings. The number of rotatable bonds is 16. The second-order valence-corrected chi connectivity index (χ2v) is 17.0. The Balaban J connectivity index is 1.32. The second kappa shape index (κ2) is 23.0. The summed E-state index contributed by atoms with van der Waals surface area (Å²) in [5, 5.41) is 27.0. The van der Waals surface area contributed by atoms with Crippen molar-refractivity contribution in [1.82, 2.24) is 0 Å². The lowest BCUT2D eigenvalue weighted by molar-refractivity contribution is -0.127. The van der Waals surface area contributed by atoms with Crippen LogP contribution in [0, 0.1) is 0 Å². The number of anilines is 4. The number of ketones is 2. The van der Waals surface area contributed by atoms with Crippen molar-refractivity contribution in [3.8, 4) is 0 Å². The fraction of sp³-hybridized carbons (Fsp3) is 0.182. The number of nitrogens with one attached hydrogen (secondary N) is 4. The van der Waals surface area contributed by atoms with Gasteiger partial charge in [0.15, 0.2) is 11.6 Å². The van der Waals surface area contributed by atoms with Gasteiger partial charge in [-0.15, -0.1) is 0 Å². The number of nitrogens with zero attached hydrogens (tertiary/aromatic N) is 4. The molecule has 0 saturated heterocycles. The van der Waals surface area contributed by atoms with Crippen molar-refractivity contribution >= 4 is 162 Å². The van der Waals surface area contributed by atoms with Gasteiger partial charge in [-0.1, -0.05) is 119 Å². The van der Waals surface area contributed by atoms with Crippen LogP contribution in [0.1, 0.15) is 59.5 Å². The molecule has 22 heteroatoms. The lowest BCUT2D eigenvalue weighted by Gasteiger charge is -2.19. The van der Waals surface area contributed by atoms with Crippen molar-refractivity contribution in [2.75, 3.05) is 21.3 Å². The van der Waals surface area contributed by atoms with Crippen molar-refractivity contribution in [3.63, 3.8) is 0 Å². The van der Waals surface area contributed by atoms with Crippen LogP contribution in [0.4, 0.5) is 34.1 Å². The SMILES string of the molecule is CCc1cc(NC(=O)C(N=Nc2cccc(C(=O)Nc3ccc(Cl)c(Cl)c3Cl)c2Cl)C(C)=O)cc(CC)c1NC(=O)C(N=Nc1cccc(C(=O)Nc2ccc(Cl)c(Cl)c2Cl)c1Cl)C(C)=O. The molecule has 0 radical (unpaired) electrons. The zero-order valence-corrected chi connectivity index (χ0v) is 40.8. The largest absolute Gasteiger partial charge is 0.324 e. The lowest BCUT2D eigenvalue weighted by Crippen LogP contribution is -2.33. The lowest BCUT2D eigenvalue weighted by atomic mass is 10.0. The molecule has 4 N–H and O–H groups in total. The van der Waals surface area contributed by atoms with Crippen molar-refractivity contribution in [3.05, 3.63) is 135 Å². The van der Waals surface area contributed by atoms with Crippen LogP contribution in [-0.2, 0) is 32.0 Å². The third-order valence-corrected chi connectivity index (χ3v) is 12.8. The molecule has 5 rings (SSSR count). The van der Waals surface area contributed by atoms with E-state index in [0.717, 1.165) is 13.8 Å². The number of amides is 4. The number of Topliss-reactive ketones (excluding diaryl/α,β-unsaturated/α-hetero) is 2. The van der Waals surface area contributed by atoms with Crippen LogP contribution in [-0.4, -0.2) is 47.3 Å². The Morgan fingerprint density at radius 2 is 0.894 bits per heavy atom. The van der Waals surface area contributed by atoms with Gasteiger partial charge in [-0.05, 0) is 98.5 Å². The van der Waals surface area contributed by atoms with E-state index in [2.05, 4.69) is 41.7 Å². The van der Waals surface area contributed by atoms with Gasteiger partial charge in [0.2, 0.25) is 12.1 Å². The smallest absolute Gasteiger partial charge is 0.258 e. The number of aryl methyl sites for hydroxylation is 2. The standard InChI is InChI=1S/C44H34Cl8N8O6/c1-5-21-17-23(53-43(65)38(19(3)61)59-57-30-11-7-9-24(32(30)47)41(63)54-28-15-13-26(45)34(49)36(28)51)18-22(6-2)40(21)56-44(66)39(20(4)62)60-58-31-12-8-10-25(33(31)48)42(64)55-29-16-14-27(46)35(50)37(29)52/h7-18,38-39H,5-6H2,1-4H3,(H,53,65)(H,54,63)(H,55,64)(H,56,66). The molecule has 5 aromatic carbocycles. The Labute approximate surface area is 417 Å². The summed E-state index contributed by atoms with van der Waals surface area (Å²) in [6.45, 7) is 5.94. The summed E-state index contributed by atoms with van der Waals surface area (Å²) in [5.74, 6) is -4.28. The average molecular weight is 1050 g/mol. The van der Waals surface area contributed by atoms with Crippen LogP contribution in [0.25, 0.3) is 0 Å². The maximum Gasteiger partial charge on any atom is 0.258 e. The maximum absolute atomic E-state index is 13.7. The predicted octanol–water partition coefficient (Wildman–Crippen LogP) is 13.9. The molecule has 14 nitrogen and oxygen atoms in total. The summed E-state index contributed by atoms with van der Waals surface area (Å²) in [5.41, 5.74) is 2.04. The first kappa shape index (κ1) is 51.8. The summed E-state index contributed by atoms with van der Waals surface area (Å²) in [4.78, 5) is 79.0. The third kappa shape index (κ3) is 12.2. The van der Waals surface area contributed by atoms with E-state index in [-0.39, 0.29) is 79.7 Å². The Kier molecular flexibility index (Phi) is 18.1. The van der Waals surface area contributed by atoms with Gasteiger partial charge in [-0.3, -0.25) is 28.8 Å². The van der Waals surface area contributed by atoms with Crippen LogP contribution < -0.4 is 21.3 Å². The molecular weight excluding hydrogens is 1020 g/mol. The van der Waals surface area contributed by atoms with Gasteiger partial charge in [-0.2, -0.15) is 20.5 Å². The van der Waals surface area contributed by atoms with E-state index in [0.29, 0.717) is 29.7 Å². The molecule has 342 valence electrons. The summed E-state index contributed by atoms with van der Waals surface area (Å²) >= 11 is 49.7. The predicted molar refractivity (Wildman–Crippen MR) is 262 cm³/mol. The Bertz CT molecular complexity index is 2830. The van der Waals surface area contributed by atoms with Crippen LogP contribution in [0.5, 0.6) is 0 Å². The zero-order valence-electron chi connectivity index (χ0n) is 34.8. The molecule has 66 heavy (non-hydrogen) atoms. The van der Waals surface area contributed by atoms with E-state index in [4.69, 9.17) is 92.8 Å². The Morgan fingerprint density at radius 3 is 1.27 bits per heavy atom. The highest BCUT2D eigenvalue weighted by Gasteiger charge is 2.28. The van der Waals surface area contributed by atoms with E-state index in [9.17, 15) is 28.8 Å². The highest BCUT2D eigenvalue weighted by Crippen LogP contribution is 2.39. The number of carbonyl (C=O) groups is 6. The minimum Gasteiger partial charge on any atom is -0.324 e. The zero-order chi connectivity index (χ0) is 48.6. The van der Waals surface area contributed by atoms with E-state index >= 15 is 0 Å². The molecule has 4 amide bonds. The van der Waals surface area contributed by atoms with E-state index < -0.39 is 47.3 Å². The average Bonchev–Trinajstić information content (AvgIpc) is 3.27. The van der Waals surface area contributed by atoms with Crippen LogP contribution >= 0.6 is 92.8 Å². The Morgan fingerprint density at radius 1 is 0.500 bits per heavy atom. The fourth-order valence-electron chi connectivity index (χ4n) is 6.01. The summed E-state index contributed by atoms with van der Waals surface area (Å²) in [7, 11) is 0. The topological polar surface area (TPSA) is 200 Å². The Hall–Kier alpha value is -5.16. The highest BCUT2D eigenvalue weighted by molar-refractivity contribution is 6.50. The summed E-state index contributed by atoms with van der Waals surface area (Å²) < 4.78 is 0. The van der Waals surface area contributed by atoms with Gasteiger partial charge in [0.1, 0.15) is 11.4 Å². The monoisotopic (exact) mass is 1050 g/mol. The van der Waals surface area contributed by atoms with Crippen LogP contribution in [0.2, 0.25) is 40.2 Å². The van der Waals surface area contributed by atoms with E-state index in [1.54, 1.807) is 12.1 Å². The van der Waals surface area contributed by atoms with Crippen molar-refractivity contribution in [2.24, 2.45) is 20.5 Å².